The predicted octanol–water partition coefficient (Wildman–Crippen LogP) is 4.86. The number of nitrogens with zero attached hydrogens (tertiary/aromatic N) is 2. The summed E-state index contributed by atoms with van der Waals surface area (Å²) in [5.41, 5.74) is 1.98. The van der Waals surface area contributed by atoms with Gasteiger partial charge in [0.1, 0.15) is 6.04 Å². The van der Waals surface area contributed by atoms with E-state index in [1.54, 1.807) is 26.2 Å². The van der Waals surface area contributed by atoms with Crippen molar-refractivity contribution in [1.29, 1.82) is 0 Å². The molecule has 1 heterocycles. The zero-order valence-corrected chi connectivity index (χ0v) is 26.8. The summed E-state index contributed by atoms with van der Waals surface area (Å²) in [6.07, 6.45) is 3.53. The van der Waals surface area contributed by atoms with E-state index in [1.807, 2.05) is 72.5 Å². The number of carbonyl (C=O) groups is 3. The topological polar surface area (TPSA) is 88.2 Å². The number of benzene rings is 2. The molecule has 8 nitrogen and oxygen atoms in total. The molecule has 6 atom stereocenters. The van der Waals surface area contributed by atoms with Crippen molar-refractivity contribution in [2.24, 2.45) is 11.8 Å². The smallest absolute Gasteiger partial charge is 0.245 e. The largest absolute Gasteiger partial charge is 0.381 e. The third-order valence-electron chi connectivity index (χ3n) is 8.81. The lowest BCUT2D eigenvalue weighted by Crippen LogP contribution is -2.54. The zero-order valence-electron chi connectivity index (χ0n) is 26.8. The molecular weight excluding hydrogens is 542 g/mol. The highest BCUT2D eigenvalue weighted by Crippen LogP contribution is 2.28. The van der Waals surface area contributed by atoms with Crippen LogP contribution in [0, 0.1) is 11.8 Å². The summed E-state index contributed by atoms with van der Waals surface area (Å²) < 4.78 is 11.6. The van der Waals surface area contributed by atoms with Gasteiger partial charge in [-0.25, -0.2) is 0 Å². The van der Waals surface area contributed by atoms with Crippen LogP contribution in [0.2, 0.25) is 0 Å². The first-order valence-electron chi connectivity index (χ1n) is 15.7. The molecule has 236 valence electrons. The van der Waals surface area contributed by atoms with Gasteiger partial charge in [0.15, 0.2) is 0 Å². The molecule has 0 radical (unpaired) electrons. The van der Waals surface area contributed by atoms with Crippen molar-refractivity contribution in [1.82, 2.24) is 15.1 Å². The van der Waals surface area contributed by atoms with Gasteiger partial charge in [0.2, 0.25) is 17.7 Å². The molecular formula is C35H51N3O5. The van der Waals surface area contributed by atoms with Crippen LogP contribution in [0.5, 0.6) is 0 Å². The Morgan fingerprint density at radius 1 is 0.977 bits per heavy atom. The molecule has 0 bridgehead atoms. The number of likely N-dealkylation sites (tertiary alicyclic amines) is 1. The summed E-state index contributed by atoms with van der Waals surface area (Å²) in [5.74, 6) is -0.494. The Morgan fingerprint density at radius 3 is 2.19 bits per heavy atom. The highest BCUT2D eigenvalue weighted by Gasteiger charge is 2.41. The van der Waals surface area contributed by atoms with Crippen molar-refractivity contribution < 1.29 is 23.9 Å². The van der Waals surface area contributed by atoms with E-state index in [1.165, 1.54) is 0 Å². The van der Waals surface area contributed by atoms with Gasteiger partial charge in [0, 0.05) is 40.8 Å². The van der Waals surface area contributed by atoms with Crippen molar-refractivity contribution in [2.45, 2.75) is 90.1 Å². The zero-order chi connectivity index (χ0) is 31.4. The molecule has 43 heavy (non-hydrogen) atoms. The van der Waals surface area contributed by atoms with Gasteiger partial charge in [-0.3, -0.25) is 14.4 Å². The second-order valence-electron chi connectivity index (χ2n) is 12.0. The Labute approximate surface area is 258 Å². The maximum Gasteiger partial charge on any atom is 0.245 e. The minimum Gasteiger partial charge on any atom is -0.381 e. The van der Waals surface area contributed by atoms with E-state index in [0.717, 1.165) is 36.8 Å². The van der Waals surface area contributed by atoms with Gasteiger partial charge < -0.3 is 24.6 Å². The average Bonchev–Trinajstić information content (AvgIpc) is 3.50. The number of likely N-dealkylation sites (N-methyl/N-ethyl adjacent to an activating group) is 1. The standard InChI is InChI=1S/C35H51N3O5/c1-7-25(2)21-29(42-5)23-32(39)38-20-14-19-31(38)33(43-6)26(3)34(40)36-30(22-27-15-10-8-11-16-27)35(41)37(4)24-28-17-12-9-13-18-28/h8-13,15-18,25-26,29-31,33H,7,14,19-24H2,1-6H3,(H,36,40)/t25-,26+,29-,30-,31-,33+/m0/s1. The molecule has 0 spiro atoms. The fourth-order valence-electron chi connectivity index (χ4n) is 6.03. The van der Waals surface area contributed by atoms with Gasteiger partial charge in [-0.15, -0.1) is 0 Å². The van der Waals surface area contributed by atoms with E-state index < -0.39 is 18.1 Å². The van der Waals surface area contributed by atoms with Gasteiger partial charge in [0.25, 0.3) is 0 Å². The summed E-state index contributed by atoms with van der Waals surface area (Å²) in [5, 5.41) is 3.05. The molecule has 0 aromatic heterocycles. The molecule has 1 fully saturated rings. The van der Waals surface area contributed by atoms with Gasteiger partial charge >= 0.3 is 0 Å². The van der Waals surface area contributed by atoms with Crippen LogP contribution in [0.3, 0.4) is 0 Å². The van der Waals surface area contributed by atoms with Gasteiger partial charge in [-0.05, 0) is 36.3 Å². The monoisotopic (exact) mass is 593 g/mol. The van der Waals surface area contributed by atoms with Gasteiger partial charge in [-0.2, -0.15) is 0 Å². The lowest BCUT2D eigenvalue weighted by atomic mass is 9.93. The summed E-state index contributed by atoms with van der Waals surface area (Å²) in [6, 6.07) is 18.5. The van der Waals surface area contributed by atoms with Crippen LogP contribution in [0.1, 0.15) is 64.0 Å². The first-order valence-corrected chi connectivity index (χ1v) is 15.7. The van der Waals surface area contributed by atoms with Crippen LogP contribution >= 0.6 is 0 Å². The molecule has 0 saturated carbocycles. The number of nitrogens with one attached hydrogen (secondary N) is 1. The van der Waals surface area contributed by atoms with E-state index in [2.05, 4.69) is 19.2 Å². The molecule has 1 saturated heterocycles. The SMILES string of the molecule is CC[C@H](C)C[C@@H](CC(=O)N1CCC[C@H]1[C@H](OC)[C@@H](C)C(=O)N[C@@H](Cc1ccccc1)C(=O)N(C)Cc1ccccc1)OC. The fraction of sp³-hybridized carbons (Fsp3) is 0.571. The third kappa shape index (κ3) is 9.90. The van der Waals surface area contributed by atoms with Crippen LogP contribution < -0.4 is 5.32 Å². The van der Waals surface area contributed by atoms with Crippen molar-refractivity contribution in [3.05, 3.63) is 71.8 Å². The lowest BCUT2D eigenvalue weighted by molar-refractivity contribution is -0.143. The van der Waals surface area contributed by atoms with Crippen LogP contribution in [0.4, 0.5) is 0 Å². The first-order chi connectivity index (χ1) is 20.7. The summed E-state index contributed by atoms with van der Waals surface area (Å²) in [4.78, 5) is 44.4. The number of hydrogen-bond donors (Lipinski definition) is 1. The lowest BCUT2D eigenvalue weighted by Gasteiger charge is -2.35. The number of methoxy groups -OCH3 is 2. The Morgan fingerprint density at radius 2 is 1.60 bits per heavy atom. The Hall–Kier alpha value is -3.23. The number of amides is 3. The van der Waals surface area contributed by atoms with Crippen LogP contribution in [0.25, 0.3) is 0 Å². The maximum absolute atomic E-state index is 13.8. The van der Waals surface area contributed by atoms with Crippen LogP contribution in [-0.4, -0.2) is 79.6 Å². The normalized spacial score (nSPS) is 18.4. The van der Waals surface area contributed by atoms with E-state index in [9.17, 15) is 14.4 Å². The summed E-state index contributed by atoms with van der Waals surface area (Å²) in [7, 11) is 5.02. The van der Waals surface area contributed by atoms with Crippen LogP contribution in [-0.2, 0) is 36.8 Å². The van der Waals surface area contributed by atoms with Crippen molar-refractivity contribution in [2.75, 3.05) is 27.8 Å². The van der Waals surface area contributed by atoms with Crippen molar-refractivity contribution in [3.63, 3.8) is 0 Å². The Kier molecular flexibility index (Phi) is 13.7. The van der Waals surface area contributed by atoms with E-state index in [4.69, 9.17) is 9.47 Å². The molecule has 1 aliphatic heterocycles. The number of rotatable bonds is 16. The highest BCUT2D eigenvalue weighted by atomic mass is 16.5. The minimum absolute atomic E-state index is 0.0342. The van der Waals surface area contributed by atoms with E-state index in [-0.39, 0.29) is 29.9 Å². The molecule has 2 aromatic rings. The molecule has 3 amide bonds. The highest BCUT2D eigenvalue weighted by molar-refractivity contribution is 5.89. The van der Waals surface area contributed by atoms with E-state index in [0.29, 0.717) is 31.8 Å². The second kappa shape index (κ2) is 17.2. The van der Waals surface area contributed by atoms with Gasteiger partial charge in [-0.1, -0.05) is 87.9 Å². The fourth-order valence-corrected chi connectivity index (χ4v) is 6.03. The molecule has 3 rings (SSSR count). The molecule has 2 aromatic carbocycles. The Balaban J connectivity index is 1.72. The van der Waals surface area contributed by atoms with Crippen molar-refractivity contribution >= 4 is 17.7 Å². The molecule has 0 aliphatic carbocycles. The maximum atomic E-state index is 13.8. The van der Waals surface area contributed by atoms with Gasteiger partial charge in [0.05, 0.1) is 30.6 Å². The number of carbonyl (C=O) groups excluding carboxylic acids is 3. The third-order valence-corrected chi connectivity index (χ3v) is 8.81. The molecule has 0 unspecified atom stereocenters. The second-order valence-corrected chi connectivity index (χ2v) is 12.0. The molecule has 8 heteroatoms. The summed E-state index contributed by atoms with van der Waals surface area (Å²) >= 11 is 0. The summed E-state index contributed by atoms with van der Waals surface area (Å²) in [6.45, 7) is 7.21. The first kappa shape index (κ1) is 34.3. The Bertz CT molecular complexity index is 1140. The minimum atomic E-state index is -0.743. The van der Waals surface area contributed by atoms with E-state index >= 15 is 0 Å². The van der Waals surface area contributed by atoms with Crippen LogP contribution in [0.15, 0.2) is 60.7 Å². The molecule has 1 aliphatic rings. The quantitative estimate of drug-likeness (QED) is 0.301. The predicted molar refractivity (Wildman–Crippen MR) is 169 cm³/mol. The molecule has 1 N–H and O–H groups in total. The number of hydrogen-bond acceptors (Lipinski definition) is 5. The average molecular weight is 594 g/mol. The number of ether oxygens (including phenoxy) is 2. The van der Waals surface area contributed by atoms with Crippen molar-refractivity contribution in [3.8, 4) is 0 Å².